The predicted molar refractivity (Wildman–Crippen MR) is 117 cm³/mol. The summed E-state index contributed by atoms with van der Waals surface area (Å²) in [5.41, 5.74) is 1.64. The fraction of sp³-hybridized carbons (Fsp3) is 0.348. The molecule has 2 unspecified atom stereocenters. The van der Waals surface area contributed by atoms with Crippen molar-refractivity contribution in [1.29, 1.82) is 0 Å². The molecule has 2 fully saturated rings. The van der Waals surface area contributed by atoms with Crippen LogP contribution in [0.1, 0.15) is 30.2 Å². The lowest BCUT2D eigenvalue weighted by Crippen LogP contribution is -2.46. The molecule has 2 aliphatic heterocycles. The van der Waals surface area contributed by atoms with Gasteiger partial charge in [0.2, 0.25) is 5.91 Å². The van der Waals surface area contributed by atoms with Gasteiger partial charge in [-0.25, -0.2) is 9.88 Å². The maximum Gasteiger partial charge on any atom is 0.251 e. The van der Waals surface area contributed by atoms with Gasteiger partial charge in [0.1, 0.15) is 5.75 Å². The number of thiazole rings is 1. The highest BCUT2D eigenvalue weighted by Gasteiger charge is 2.44. The summed E-state index contributed by atoms with van der Waals surface area (Å²) < 4.78 is 6.37. The van der Waals surface area contributed by atoms with Crippen LogP contribution in [0.15, 0.2) is 48.5 Å². The molecule has 3 aromatic rings. The van der Waals surface area contributed by atoms with Gasteiger partial charge in [0.25, 0.3) is 5.91 Å². The number of fused-ring (bicyclic) bond motifs is 1. The first-order valence-electron chi connectivity index (χ1n) is 10.2. The SMILES string of the molecule is COc1ccc(N2C(=O)CC(N3CCCC(c4nc5ccccc5s4)C3)C2=O)cc1. The molecule has 2 aromatic carbocycles. The van der Waals surface area contributed by atoms with Crippen molar-refractivity contribution in [3.8, 4) is 5.75 Å². The minimum Gasteiger partial charge on any atom is -0.497 e. The number of hydrogen-bond acceptors (Lipinski definition) is 6. The number of nitrogens with zero attached hydrogens (tertiary/aromatic N) is 3. The zero-order valence-corrected chi connectivity index (χ0v) is 17.6. The molecule has 0 bridgehead atoms. The van der Waals surface area contributed by atoms with E-state index in [1.165, 1.54) is 9.60 Å². The molecule has 0 radical (unpaired) electrons. The lowest BCUT2D eigenvalue weighted by Gasteiger charge is -2.34. The van der Waals surface area contributed by atoms with Crippen LogP contribution in [0.4, 0.5) is 5.69 Å². The lowest BCUT2D eigenvalue weighted by molar-refractivity contribution is -0.123. The van der Waals surface area contributed by atoms with Gasteiger partial charge >= 0.3 is 0 Å². The van der Waals surface area contributed by atoms with Crippen molar-refractivity contribution in [3.63, 3.8) is 0 Å². The van der Waals surface area contributed by atoms with E-state index in [4.69, 9.17) is 9.72 Å². The number of carbonyl (C=O) groups is 2. The Balaban J connectivity index is 1.34. The number of amides is 2. The van der Waals surface area contributed by atoms with Gasteiger partial charge in [0.15, 0.2) is 0 Å². The molecule has 2 atom stereocenters. The van der Waals surface area contributed by atoms with E-state index in [0.717, 1.165) is 36.5 Å². The first kappa shape index (κ1) is 19.2. The van der Waals surface area contributed by atoms with Crippen molar-refractivity contribution >= 4 is 39.1 Å². The van der Waals surface area contributed by atoms with E-state index < -0.39 is 6.04 Å². The summed E-state index contributed by atoms with van der Waals surface area (Å²) in [7, 11) is 1.59. The first-order valence-corrected chi connectivity index (χ1v) is 11.1. The summed E-state index contributed by atoms with van der Waals surface area (Å²) in [6.45, 7) is 1.60. The Labute approximate surface area is 179 Å². The second-order valence-electron chi connectivity index (χ2n) is 7.84. The molecule has 2 aliphatic rings. The van der Waals surface area contributed by atoms with E-state index in [1.807, 2.05) is 18.2 Å². The van der Waals surface area contributed by atoms with E-state index in [2.05, 4.69) is 11.0 Å². The van der Waals surface area contributed by atoms with E-state index in [0.29, 0.717) is 17.4 Å². The lowest BCUT2D eigenvalue weighted by atomic mass is 9.97. The summed E-state index contributed by atoms with van der Waals surface area (Å²) in [5.74, 6) is 0.727. The van der Waals surface area contributed by atoms with Crippen LogP contribution in [0.3, 0.4) is 0 Å². The number of likely N-dealkylation sites (tertiary alicyclic amines) is 1. The monoisotopic (exact) mass is 421 g/mol. The molecule has 2 saturated heterocycles. The van der Waals surface area contributed by atoms with Gasteiger partial charge in [-0.3, -0.25) is 14.5 Å². The summed E-state index contributed by atoms with van der Waals surface area (Å²) in [4.78, 5) is 34.2. The third-order valence-corrected chi connectivity index (χ3v) is 7.21. The molecule has 0 spiro atoms. The molecule has 154 valence electrons. The first-order chi connectivity index (χ1) is 14.6. The van der Waals surface area contributed by atoms with Gasteiger partial charge in [-0.05, 0) is 55.8 Å². The fourth-order valence-corrected chi connectivity index (χ4v) is 5.55. The van der Waals surface area contributed by atoms with Crippen LogP contribution in [0.2, 0.25) is 0 Å². The average Bonchev–Trinajstić information content (AvgIpc) is 3.34. The quantitative estimate of drug-likeness (QED) is 0.600. The van der Waals surface area contributed by atoms with Crippen LogP contribution >= 0.6 is 11.3 Å². The van der Waals surface area contributed by atoms with Crippen molar-refractivity contribution in [2.45, 2.75) is 31.2 Å². The average molecular weight is 422 g/mol. The highest BCUT2D eigenvalue weighted by molar-refractivity contribution is 7.18. The van der Waals surface area contributed by atoms with Gasteiger partial charge < -0.3 is 4.74 Å². The van der Waals surface area contributed by atoms with Crippen LogP contribution in [-0.2, 0) is 9.59 Å². The van der Waals surface area contributed by atoms with Crippen molar-refractivity contribution in [2.75, 3.05) is 25.1 Å². The minimum atomic E-state index is -0.392. The molecule has 7 heteroatoms. The summed E-state index contributed by atoms with van der Waals surface area (Å²) in [6, 6.07) is 14.9. The maximum absolute atomic E-state index is 13.2. The largest absolute Gasteiger partial charge is 0.497 e. The van der Waals surface area contributed by atoms with Gasteiger partial charge in [0.05, 0.1) is 40.5 Å². The normalized spacial score (nSPS) is 22.8. The number of piperidine rings is 1. The van der Waals surface area contributed by atoms with E-state index >= 15 is 0 Å². The smallest absolute Gasteiger partial charge is 0.251 e. The number of anilines is 1. The molecule has 0 N–H and O–H groups in total. The van der Waals surface area contributed by atoms with E-state index in [9.17, 15) is 9.59 Å². The topological polar surface area (TPSA) is 62.7 Å². The Morgan fingerprint density at radius 2 is 1.90 bits per heavy atom. The van der Waals surface area contributed by atoms with Crippen LogP contribution < -0.4 is 9.64 Å². The summed E-state index contributed by atoms with van der Waals surface area (Å²) in [5, 5.41) is 1.13. The van der Waals surface area contributed by atoms with Crippen molar-refractivity contribution < 1.29 is 14.3 Å². The molecule has 6 nitrogen and oxygen atoms in total. The second-order valence-corrected chi connectivity index (χ2v) is 8.90. The number of aromatic nitrogens is 1. The molecule has 30 heavy (non-hydrogen) atoms. The highest BCUT2D eigenvalue weighted by Crippen LogP contribution is 2.35. The third-order valence-electron chi connectivity index (χ3n) is 6.01. The molecule has 5 rings (SSSR count). The molecular weight excluding hydrogens is 398 g/mol. The zero-order valence-electron chi connectivity index (χ0n) is 16.8. The number of ether oxygens (including phenoxy) is 1. The molecular formula is C23H23N3O3S. The van der Waals surface area contributed by atoms with Gasteiger partial charge in [-0.15, -0.1) is 11.3 Å². The Kier molecular flexibility index (Phi) is 5.00. The number of rotatable bonds is 4. The van der Waals surface area contributed by atoms with Gasteiger partial charge in [-0.2, -0.15) is 0 Å². The van der Waals surface area contributed by atoms with Crippen molar-refractivity contribution in [2.24, 2.45) is 0 Å². The van der Waals surface area contributed by atoms with Crippen molar-refractivity contribution in [3.05, 3.63) is 53.5 Å². The van der Waals surface area contributed by atoms with Gasteiger partial charge in [-0.1, -0.05) is 12.1 Å². The number of carbonyl (C=O) groups excluding carboxylic acids is 2. The van der Waals surface area contributed by atoms with E-state index in [-0.39, 0.29) is 18.2 Å². The molecule has 1 aromatic heterocycles. The predicted octanol–water partition coefficient (Wildman–Crippen LogP) is 3.82. The minimum absolute atomic E-state index is 0.130. The number of para-hydroxylation sites is 1. The summed E-state index contributed by atoms with van der Waals surface area (Å²) in [6.07, 6.45) is 2.30. The fourth-order valence-electron chi connectivity index (χ4n) is 4.46. The second kappa shape index (κ2) is 7.81. The maximum atomic E-state index is 13.2. The number of imide groups is 1. The van der Waals surface area contributed by atoms with Crippen LogP contribution in [0.25, 0.3) is 10.2 Å². The Hall–Kier alpha value is -2.77. The Morgan fingerprint density at radius 1 is 1.10 bits per heavy atom. The zero-order chi connectivity index (χ0) is 20.7. The molecule has 2 amide bonds. The van der Waals surface area contributed by atoms with E-state index in [1.54, 1.807) is 42.7 Å². The third kappa shape index (κ3) is 3.38. The van der Waals surface area contributed by atoms with Crippen LogP contribution in [0, 0.1) is 0 Å². The number of methoxy groups -OCH3 is 1. The standard InChI is InChI=1S/C23H23N3O3S/c1-29-17-10-8-16(9-11-17)26-21(27)13-19(23(26)28)25-12-4-5-15(14-25)22-24-18-6-2-3-7-20(18)30-22/h2-3,6-11,15,19H,4-5,12-14H2,1H3. The molecule has 3 heterocycles. The highest BCUT2D eigenvalue weighted by atomic mass is 32.1. The number of benzene rings is 2. The van der Waals surface area contributed by atoms with Gasteiger partial charge in [0, 0.05) is 12.5 Å². The Bertz CT molecular complexity index is 1060. The molecule has 0 saturated carbocycles. The molecule has 0 aliphatic carbocycles. The number of hydrogen-bond donors (Lipinski definition) is 0. The van der Waals surface area contributed by atoms with Crippen LogP contribution in [-0.4, -0.2) is 47.9 Å². The Morgan fingerprint density at radius 3 is 2.67 bits per heavy atom. The van der Waals surface area contributed by atoms with Crippen molar-refractivity contribution in [1.82, 2.24) is 9.88 Å². The summed E-state index contributed by atoms with van der Waals surface area (Å²) >= 11 is 1.74. The van der Waals surface area contributed by atoms with Crippen LogP contribution in [0.5, 0.6) is 5.75 Å².